The van der Waals surface area contributed by atoms with Crippen molar-refractivity contribution in [1.82, 2.24) is 15.2 Å². The molecule has 0 spiro atoms. The standard InChI is InChI=1S/C42H51BrN4O11/c1-40-12-10-27(49)15-25(40)6-7-28-29-16-33-42(32(51)22-48,41(29,2)17-31(50)37(28)40)58-39(57-33)24-11-13-47(21-24)20-23-4-3-5-26(14-23)45-38(56)30(8-9-36(54)55)46-35(53)19-44-34(52)18-43/h3-5,10-15,21,28-31,33,36-37,39,48,50,54-55H,6-9,16-20,22H2,1-2H3,(H,44,52)(H,45,56)(H,46,53)/t28-,29-,30-,31-,33+,37+,39+,40-,41-,42+/m0/s1. The number of hydrogen-bond donors (Lipinski definition) is 7. The monoisotopic (exact) mass is 866 g/mol. The molecule has 58 heavy (non-hydrogen) atoms. The summed E-state index contributed by atoms with van der Waals surface area (Å²) in [4.78, 5) is 63.4. The van der Waals surface area contributed by atoms with Crippen molar-refractivity contribution in [2.45, 2.75) is 95.3 Å². The van der Waals surface area contributed by atoms with Crippen LogP contribution < -0.4 is 16.0 Å². The van der Waals surface area contributed by atoms with Crippen LogP contribution in [0.1, 0.15) is 69.8 Å². The number of fused-ring (bicyclic) bond motifs is 7. The first-order chi connectivity index (χ1) is 27.6. The van der Waals surface area contributed by atoms with Crippen LogP contribution in [0.3, 0.4) is 0 Å². The number of ether oxygens (including phenoxy) is 2. The Balaban J connectivity index is 1.04. The number of benzene rings is 1. The smallest absolute Gasteiger partial charge is 0.246 e. The summed E-state index contributed by atoms with van der Waals surface area (Å²) >= 11 is 3.00. The molecular formula is C42H51BrN4O11. The van der Waals surface area contributed by atoms with E-state index < -0.39 is 77.4 Å². The topological polar surface area (TPSA) is 226 Å². The lowest BCUT2D eigenvalue weighted by Crippen LogP contribution is -2.63. The number of nitrogens with one attached hydrogen (secondary N) is 3. The van der Waals surface area contributed by atoms with Crippen LogP contribution in [0.2, 0.25) is 0 Å². The molecule has 4 aliphatic carbocycles. The first-order valence-electron chi connectivity index (χ1n) is 19.7. The maximum absolute atomic E-state index is 13.9. The van der Waals surface area contributed by atoms with E-state index in [0.717, 1.165) is 24.0 Å². The van der Waals surface area contributed by atoms with Crippen molar-refractivity contribution >= 4 is 50.9 Å². The minimum Gasteiger partial charge on any atom is -0.393 e. The zero-order valence-corrected chi connectivity index (χ0v) is 34.0. The maximum atomic E-state index is 13.9. The Morgan fingerprint density at radius 1 is 1.10 bits per heavy atom. The molecule has 0 bridgehead atoms. The van der Waals surface area contributed by atoms with E-state index in [1.807, 2.05) is 42.1 Å². The molecule has 312 valence electrons. The van der Waals surface area contributed by atoms with Gasteiger partial charge < -0.3 is 50.4 Å². The summed E-state index contributed by atoms with van der Waals surface area (Å²) in [5.41, 5.74) is 0.205. The molecule has 1 aromatic heterocycles. The van der Waals surface area contributed by atoms with Gasteiger partial charge in [0, 0.05) is 53.4 Å². The Bertz CT molecular complexity index is 2020. The zero-order valence-electron chi connectivity index (χ0n) is 32.4. The Morgan fingerprint density at radius 2 is 1.90 bits per heavy atom. The molecular weight excluding hydrogens is 816 g/mol. The molecule has 7 rings (SSSR count). The summed E-state index contributed by atoms with van der Waals surface area (Å²) in [7, 11) is 0. The third kappa shape index (κ3) is 7.64. The van der Waals surface area contributed by atoms with E-state index in [4.69, 9.17) is 9.47 Å². The second-order valence-corrected chi connectivity index (χ2v) is 17.3. The lowest BCUT2D eigenvalue weighted by molar-refractivity contribution is -0.201. The predicted octanol–water partition coefficient (Wildman–Crippen LogP) is 2.16. The van der Waals surface area contributed by atoms with Crippen LogP contribution in [0.25, 0.3) is 0 Å². The van der Waals surface area contributed by atoms with Crippen LogP contribution in [0.5, 0.6) is 0 Å². The van der Waals surface area contributed by atoms with Gasteiger partial charge in [0.1, 0.15) is 12.6 Å². The van der Waals surface area contributed by atoms with Crippen LogP contribution >= 0.6 is 15.9 Å². The van der Waals surface area contributed by atoms with Crippen molar-refractivity contribution < 1.29 is 53.9 Å². The molecule has 16 heteroatoms. The SMILES string of the molecule is C[C@]12C=CC(=O)C=C1CC[C@@H]1[C@@H]2[C@@H](O)C[C@@]2(C)[C@H]1C[C@H]1O[C@@H](c3ccn(Cc4cccc(NC(=O)[C@H](CCC(O)O)NC(=O)CNC(=O)CBr)c4)c3)O[C@]12C(=O)CO. The van der Waals surface area contributed by atoms with Crippen molar-refractivity contribution in [3.05, 3.63) is 77.7 Å². The predicted molar refractivity (Wildman–Crippen MR) is 212 cm³/mol. The Hall–Kier alpha value is -4.03. The van der Waals surface area contributed by atoms with Crippen molar-refractivity contribution in [2.24, 2.45) is 28.6 Å². The van der Waals surface area contributed by atoms with E-state index >= 15 is 0 Å². The summed E-state index contributed by atoms with van der Waals surface area (Å²) in [6.45, 7) is 3.40. The molecule has 7 N–H and O–H groups in total. The highest BCUT2D eigenvalue weighted by molar-refractivity contribution is 9.09. The summed E-state index contributed by atoms with van der Waals surface area (Å²) < 4.78 is 15.3. The van der Waals surface area contributed by atoms with Gasteiger partial charge in [-0.3, -0.25) is 24.0 Å². The number of hydrogen-bond acceptors (Lipinski definition) is 11. The van der Waals surface area contributed by atoms with Gasteiger partial charge in [-0.1, -0.05) is 53.6 Å². The highest BCUT2D eigenvalue weighted by Gasteiger charge is 2.76. The molecule has 1 aliphatic heterocycles. The number of carbonyl (C=O) groups is 5. The fourth-order valence-corrected chi connectivity index (χ4v) is 11.0. The number of nitrogens with zero attached hydrogens (tertiary/aromatic N) is 1. The zero-order chi connectivity index (χ0) is 41.6. The number of rotatable bonds is 14. The number of carbonyl (C=O) groups excluding carboxylic acids is 5. The number of Topliss-reactive ketones (excluding diaryl/α,β-unsaturated/α-hetero) is 1. The fraction of sp³-hybridized carbons (Fsp3) is 0.548. The number of aromatic nitrogens is 1. The highest BCUT2D eigenvalue weighted by atomic mass is 79.9. The van der Waals surface area contributed by atoms with Gasteiger partial charge >= 0.3 is 0 Å². The largest absolute Gasteiger partial charge is 0.393 e. The molecule has 4 fully saturated rings. The molecule has 0 unspecified atom stereocenters. The first-order valence-corrected chi connectivity index (χ1v) is 20.9. The average molecular weight is 868 g/mol. The van der Waals surface area contributed by atoms with E-state index in [1.165, 1.54) is 0 Å². The lowest BCUT2D eigenvalue weighted by Gasteiger charge is -2.59. The molecule has 2 aromatic rings. The second kappa shape index (κ2) is 16.6. The average Bonchev–Trinajstić information content (AvgIpc) is 3.88. The van der Waals surface area contributed by atoms with E-state index in [1.54, 1.807) is 30.4 Å². The van der Waals surface area contributed by atoms with Gasteiger partial charge in [0.05, 0.1) is 24.1 Å². The molecule has 1 aromatic carbocycles. The first kappa shape index (κ1) is 42.1. The highest BCUT2D eigenvalue weighted by Crippen LogP contribution is 2.70. The molecule has 2 heterocycles. The number of amides is 3. The van der Waals surface area contributed by atoms with Gasteiger partial charge in [-0.15, -0.1) is 0 Å². The third-order valence-electron chi connectivity index (χ3n) is 13.3. The maximum Gasteiger partial charge on any atom is 0.246 e. The van der Waals surface area contributed by atoms with Crippen molar-refractivity contribution in [2.75, 3.05) is 23.8 Å². The van der Waals surface area contributed by atoms with E-state index in [0.29, 0.717) is 24.2 Å². The number of aliphatic hydroxyl groups excluding tert-OH is 3. The number of ketones is 2. The van der Waals surface area contributed by atoms with Gasteiger partial charge in [0.2, 0.25) is 17.7 Å². The minimum absolute atomic E-state index is 0.00652. The van der Waals surface area contributed by atoms with Gasteiger partial charge in [-0.2, -0.15) is 0 Å². The summed E-state index contributed by atoms with van der Waals surface area (Å²) in [5.74, 6) is -2.22. The number of anilines is 1. The van der Waals surface area contributed by atoms with E-state index in [-0.39, 0.29) is 54.7 Å². The van der Waals surface area contributed by atoms with Crippen LogP contribution in [0.4, 0.5) is 5.69 Å². The molecule has 3 amide bonds. The molecule has 3 saturated carbocycles. The number of aliphatic hydroxyl groups is 4. The summed E-state index contributed by atoms with van der Waals surface area (Å²) in [6.07, 6.45) is 7.01. The number of allylic oxidation sites excluding steroid dienone is 4. The Morgan fingerprint density at radius 3 is 2.64 bits per heavy atom. The van der Waals surface area contributed by atoms with Crippen LogP contribution in [0.15, 0.2) is 66.5 Å². The number of alkyl halides is 1. The molecule has 5 aliphatic rings. The van der Waals surface area contributed by atoms with Gasteiger partial charge in [-0.25, -0.2) is 0 Å². The normalized spacial score (nSPS) is 32.7. The molecule has 1 saturated heterocycles. The van der Waals surface area contributed by atoms with Gasteiger partial charge in [0.15, 0.2) is 29.7 Å². The molecule has 15 nitrogen and oxygen atoms in total. The molecule has 10 atom stereocenters. The van der Waals surface area contributed by atoms with Crippen molar-refractivity contribution in [3.8, 4) is 0 Å². The van der Waals surface area contributed by atoms with Gasteiger partial charge in [0.25, 0.3) is 0 Å². The molecule has 0 radical (unpaired) electrons. The van der Waals surface area contributed by atoms with Crippen molar-refractivity contribution in [3.63, 3.8) is 0 Å². The Labute approximate surface area is 344 Å². The summed E-state index contributed by atoms with van der Waals surface area (Å²) in [6, 6.07) is 7.83. The van der Waals surface area contributed by atoms with Crippen LogP contribution in [0, 0.1) is 28.6 Å². The van der Waals surface area contributed by atoms with Crippen LogP contribution in [-0.2, 0) is 40.0 Å². The van der Waals surface area contributed by atoms with E-state index in [9.17, 15) is 44.4 Å². The number of halogens is 1. The quantitative estimate of drug-likeness (QED) is 0.108. The van der Waals surface area contributed by atoms with Gasteiger partial charge in [-0.05, 0) is 79.9 Å². The Kier molecular flexibility index (Phi) is 12.0. The lowest BCUT2D eigenvalue weighted by atomic mass is 9.46. The summed E-state index contributed by atoms with van der Waals surface area (Å²) in [5, 5.41) is 48.8. The van der Waals surface area contributed by atoms with Crippen LogP contribution in [-0.4, -0.2) is 103 Å². The third-order valence-corrected chi connectivity index (χ3v) is 13.8. The van der Waals surface area contributed by atoms with E-state index in [2.05, 4.69) is 38.8 Å². The second-order valence-electron chi connectivity index (χ2n) is 16.7. The fourth-order valence-electron chi connectivity index (χ4n) is 10.8. The van der Waals surface area contributed by atoms with Crippen molar-refractivity contribution in [1.29, 1.82) is 0 Å². The minimum atomic E-state index is -1.68.